The molecule has 0 N–H and O–H groups in total. The van der Waals surface area contributed by atoms with Crippen LogP contribution >= 0.6 is 27.7 Å². The van der Waals surface area contributed by atoms with Crippen LogP contribution in [-0.2, 0) is 12.3 Å². The van der Waals surface area contributed by atoms with Crippen molar-refractivity contribution in [2.45, 2.75) is 26.2 Å². The van der Waals surface area contributed by atoms with E-state index in [1.165, 1.54) is 49.8 Å². The van der Waals surface area contributed by atoms with Crippen molar-refractivity contribution in [3.05, 3.63) is 76.9 Å². The highest BCUT2D eigenvalue weighted by atomic mass is 31.0. The van der Waals surface area contributed by atoms with E-state index in [0.29, 0.717) is 0 Å². The van der Waals surface area contributed by atoms with Crippen molar-refractivity contribution >= 4 is 33.0 Å². The first-order chi connectivity index (χ1) is 12.0. The molecular formula is C22H25P3. The predicted molar refractivity (Wildman–Crippen MR) is 123 cm³/mol. The van der Waals surface area contributed by atoms with Gasteiger partial charge in [-0.05, 0) is 76.0 Å². The number of hydrogen-bond acceptors (Lipinski definition) is 0. The third-order valence-corrected chi connectivity index (χ3v) is 6.26. The van der Waals surface area contributed by atoms with Gasteiger partial charge in [0.2, 0.25) is 0 Å². The van der Waals surface area contributed by atoms with Crippen LogP contribution in [0, 0.1) is 13.8 Å². The Hall–Kier alpha value is -1.05. The van der Waals surface area contributed by atoms with Crippen molar-refractivity contribution in [1.29, 1.82) is 0 Å². The van der Waals surface area contributed by atoms with Gasteiger partial charge in [0.1, 0.15) is 0 Å². The minimum atomic E-state index is 0.989. The van der Waals surface area contributed by atoms with E-state index >= 15 is 0 Å². The standard InChI is InChI=1S/C22H25P3/c1-14-7-18(19-4-6-22(25)15(2)8-19)3-5-21(14)20-10-16(12-23)9-17(11-20)13-24/h3-11H,12-13,23-25H2,1-2H3. The maximum atomic E-state index is 2.83. The van der Waals surface area contributed by atoms with Crippen LogP contribution in [0.15, 0.2) is 54.6 Å². The van der Waals surface area contributed by atoms with E-state index in [1.807, 2.05) is 0 Å². The van der Waals surface area contributed by atoms with Crippen LogP contribution in [-0.4, -0.2) is 0 Å². The van der Waals surface area contributed by atoms with Crippen LogP contribution < -0.4 is 5.30 Å². The summed E-state index contributed by atoms with van der Waals surface area (Å²) in [5.41, 5.74) is 10.6. The first-order valence-electron chi connectivity index (χ1n) is 8.52. The molecule has 0 saturated carbocycles. The molecule has 0 fully saturated rings. The second-order valence-electron chi connectivity index (χ2n) is 6.55. The summed E-state index contributed by atoms with van der Waals surface area (Å²) in [5.74, 6) is 0. The maximum absolute atomic E-state index is 2.83. The summed E-state index contributed by atoms with van der Waals surface area (Å²) in [6.07, 6.45) is 1.98. The molecule has 0 amide bonds. The fourth-order valence-electron chi connectivity index (χ4n) is 3.18. The number of rotatable bonds is 4. The normalized spacial score (nSPS) is 10.9. The Morgan fingerprint density at radius 3 is 1.72 bits per heavy atom. The lowest BCUT2D eigenvalue weighted by Gasteiger charge is -2.13. The highest BCUT2D eigenvalue weighted by Crippen LogP contribution is 2.31. The molecular weight excluding hydrogens is 357 g/mol. The molecule has 3 heteroatoms. The molecule has 0 radical (unpaired) electrons. The lowest BCUT2D eigenvalue weighted by molar-refractivity contribution is 1.33. The summed E-state index contributed by atoms with van der Waals surface area (Å²) < 4.78 is 0. The van der Waals surface area contributed by atoms with E-state index < -0.39 is 0 Å². The predicted octanol–water partition coefficient (Wildman–Crippen LogP) is 5.89. The van der Waals surface area contributed by atoms with Crippen LogP contribution in [0.1, 0.15) is 22.3 Å². The molecule has 3 atom stereocenters. The molecule has 0 aliphatic heterocycles. The average molecular weight is 382 g/mol. The second kappa shape index (κ2) is 8.10. The van der Waals surface area contributed by atoms with E-state index in [9.17, 15) is 0 Å². The van der Waals surface area contributed by atoms with E-state index in [-0.39, 0.29) is 0 Å². The first kappa shape index (κ1) is 18.7. The Balaban J connectivity index is 2.04. The second-order valence-corrected chi connectivity index (χ2v) is 7.99. The Kier molecular flexibility index (Phi) is 6.07. The Bertz CT molecular complexity index is 891. The molecule has 25 heavy (non-hydrogen) atoms. The van der Waals surface area contributed by atoms with Crippen molar-refractivity contribution in [3.8, 4) is 22.3 Å². The van der Waals surface area contributed by atoms with Gasteiger partial charge in [0.05, 0.1) is 0 Å². The molecule has 3 aromatic rings. The van der Waals surface area contributed by atoms with Crippen LogP contribution in [0.2, 0.25) is 0 Å². The van der Waals surface area contributed by atoms with Crippen molar-refractivity contribution in [1.82, 2.24) is 0 Å². The molecule has 0 bridgehead atoms. The fraction of sp³-hybridized carbons (Fsp3) is 0.182. The lowest BCUT2D eigenvalue weighted by Crippen LogP contribution is -1.96. The van der Waals surface area contributed by atoms with Gasteiger partial charge in [0, 0.05) is 0 Å². The summed E-state index contributed by atoms with van der Waals surface area (Å²) in [4.78, 5) is 0. The third-order valence-electron chi connectivity index (χ3n) is 4.66. The monoisotopic (exact) mass is 382 g/mol. The zero-order chi connectivity index (χ0) is 18.0. The van der Waals surface area contributed by atoms with Gasteiger partial charge in [0.15, 0.2) is 0 Å². The minimum Gasteiger partial charge on any atom is -0.133 e. The van der Waals surface area contributed by atoms with E-state index in [2.05, 4.69) is 96.2 Å². The smallest absolute Gasteiger partial charge is 0.0128 e. The molecule has 0 aromatic heterocycles. The highest BCUT2D eigenvalue weighted by Gasteiger charge is 2.08. The molecule has 0 aliphatic rings. The zero-order valence-corrected chi connectivity index (χ0v) is 18.3. The molecule has 3 rings (SSSR count). The van der Waals surface area contributed by atoms with Crippen LogP contribution in [0.4, 0.5) is 0 Å². The molecule has 0 aliphatic carbocycles. The summed E-state index contributed by atoms with van der Waals surface area (Å²) in [7, 11) is 8.46. The van der Waals surface area contributed by atoms with E-state index in [1.54, 1.807) is 0 Å². The average Bonchev–Trinajstić information content (AvgIpc) is 2.63. The lowest BCUT2D eigenvalue weighted by atomic mass is 9.93. The van der Waals surface area contributed by atoms with Crippen LogP contribution in [0.5, 0.6) is 0 Å². The fourth-order valence-corrected chi connectivity index (χ4v) is 3.83. The molecule has 3 aromatic carbocycles. The maximum Gasteiger partial charge on any atom is -0.0128 e. The number of benzene rings is 3. The van der Waals surface area contributed by atoms with E-state index in [0.717, 1.165) is 12.3 Å². The Labute approximate surface area is 158 Å². The van der Waals surface area contributed by atoms with Crippen molar-refractivity contribution in [2.75, 3.05) is 0 Å². The quantitative estimate of drug-likeness (QED) is 0.494. The van der Waals surface area contributed by atoms with Gasteiger partial charge in [0.25, 0.3) is 0 Å². The summed E-state index contributed by atoms with van der Waals surface area (Å²) in [6.45, 7) is 4.37. The molecule has 0 saturated heterocycles. The largest absolute Gasteiger partial charge is 0.133 e. The molecule has 0 nitrogen and oxygen atoms in total. The zero-order valence-electron chi connectivity index (χ0n) is 14.8. The van der Waals surface area contributed by atoms with Crippen molar-refractivity contribution < 1.29 is 0 Å². The topological polar surface area (TPSA) is 0 Å². The van der Waals surface area contributed by atoms with Crippen molar-refractivity contribution in [2.24, 2.45) is 0 Å². The third kappa shape index (κ3) is 4.20. The Morgan fingerprint density at radius 1 is 0.640 bits per heavy atom. The summed E-state index contributed by atoms with van der Waals surface area (Å²) in [5, 5.41) is 1.26. The number of hydrogen-bond donors (Lipinski definition) is 0. The molecule has 128 valence electrons. The molecule has 0 spiro atoms. The van der Waals surface area contributed by atoms with Gasteiger partial charge in [-0.15, -0.1) is 27.7 Å². The van der Waals surface area contributed by atoms with Gasteiger partial charge in [-0.2, -0.15) is 0 Å². The summed E-state index contributed by atoms with van der Waals surface area (Å²) in [6, 6.07) is 20.4. The summed E-state index contributed by atoms with van der Waals surface area (Å²) >= 11 is 0. The SMILES string of the molecule is Cc1cc(-c2ccc(-c3cc(CP)cc(CP)c3)c(C)c2)ccc1P. The van der Waals surface area contributed by atoms with Crippen molar-refractivity contribution in [3.63, 3.8) is 0 Å². The Morgan fingerprint density at radius 2 is 1.20 bits per heavy atom. The van der Waals surface area contributed by atoms with Gasteiger partial charge < -0.3 is 0 Å². The van der Waals surface area contributed by atoms with E-state index in [4.69, 9.17) is 0 Å². The van der Waals surface area contributed by atoms with Gasteiger partial charge in [-0.25, -0.2) is 0 Å². The molecule has 3 unspecified atom stereocenters. The van der Waals surface area contributed by atoms with Gasteiger partial charge in [-0.3, -0.25) is 0 Å². The van der Waals surface area contributed by atoms with Crippen LogP contribution in [0.25, 0.3) is 22.3 Å². The van der Waals surface area contributed by atoms with Gasteiger partial charge >= 0.3 is 0 Å². The molecule has 0 heterocycles. The van der Waals surface area contributed by atoms with Crippen LogP contribution in [0.3, 0.4) is 0 Å². The highest BCUT2D eigenvalue weighted by molar-refractivity contribution is 7.27. The number of aryl methyl sites for hydroxylation is 2. The minimum absolute atomic E-state index is 0.989. The first-order valence-corrected chi connectivity index (χ1v) is 10.7. The van der Waals surface area contributed by atoms with Gasteiger partial charge in [-0.1, -0.05) is 54.6 Å².